The van der Waals surface area contributed by atoms with Crippen LogP contribution in [0.2, 0.25) is 0 Å². The number of likely N-dealkylation sites (N-methyl/N-ethyl adjacent to an activating group) is 2. The van der Waals surface area contributed by atoms with Crippen LogP contribution in [-0.4, -0.2) is 60.1 Å². The highest BCUT2D eigenvalue weighted by molar-refractivity contribution is 5.69. The Labute approximate surface area is 85.5 Å². The number of aliphatic carboxylic acids is 1. The van der Waals surface area contributed by atoms with Crippen LogP contribution in [0.4, 0.5) is 0 Å². The summed E-state index contributed by atoms with van der Waals surface area (Å²) in [6, 6.07) is 0.416. The minimum Gasteiger partial charge on any atom is -0.480 e. The van der Waals surface area contributed by atoms with Crippen LogP contribution in [0.25, 0.3) is 0 Å². The van der Waals surface area contributed by atoms with E-state index in [0.717, 1.165) is 26.1 Å². The molecule has 0 saturated carbocycles. The van der Waals surface area contributed by atoms with E-state index in [-0.39, 0.29) is 6.54 Å². The second-order valence-electron chi connectivity index (χ2n) is 4.00. The third-order valence-electron chi connectivity index (χ3n) is 2.94. The summed E-state index contributed by atoms with van der Waals surface area (Å²) in [7, 11) is 1.90. The van der Waals surface area contributed by atoms with E-state index in [1.165, 1.54) is 6.42 Å². The van der Waals surface area contributed by atoms with Gasteiger partial charge in [-0.1, -0.05) is 6.92 Å². The first-order valence-electron chi connectivity index (χ1n) is 5.28. The highest BCUT2D eigenvalue weighted by Crippen LogP contribution is 2.13. The highest BCUT2D eigenvalue weighted by Gasteiger charge is 2.23. The molecule has 1 aliphatic rings. The molecule has 1 heterocycles. The van der Waals surface area contributed by atoms with Gasteiger partial charge in [0.05, 0.1) is 6.54 Å². The van der Waals surface area contributed by atoms with Crippen LogP contribution in [0.15, 0.2) is 0 Å². The van der Waals surface area contributed by atoms with Gasteiger partial charge in [-0.3, -0.25) is 9.69 Å². The van der Waals surface area contributed by atoms with E-state index in [0.29, 0.717) is 6.04 Å². The fourth-order valence-electron chi connectivity index (χ4n) is 2.02. The van der Waals surface area contributed by atoms with Gasteiger partial charge >= 0.3 is 5.97 Å². The number of nitrogens with zero attached hydrogens (tertiary/aromatic N) is 2. The summed E-state index contributed by atoms with van der Waals surface area (Å²) in [6.07, 6.45) is 2.31. The fourth-order valence-corrected chi connectivity index (χ4v) is 2.02. The molecule has 0 amide bonds. The number of carbonyl (C=O) groups is 1. The number of carboxylic acids is 1. The molecule has 4 heteroatoms. The van der Waals surface area contributed by atoms with Crippen molar-refractivity contribution in [1.82, 2.24) is 9.80 Å². The van der Waals surface area contributed by atoms with Gasteiger partial charge in [0, 0.05) is 12.6 Å². The number of piperidine rings is 1. The Morgan fingerprint density at radius 1 is 1.64 bits per heavy atom. The van der Waals surface area contributed by atoms with Crippen LogP contribution < -0.4 is 0 Å². The van der Waals surface area contributed by atoms with Crippen molar-refractivity contribution in [1.29, 1.82) is 0 Å². The van der Waals surface area contributed by atoms with Crippen LogP contribution in [0.1, 0.15) is 19.8 Å². The van der Waals surface area contributed by atoms with Crippen LogP contribution >= 0.6 is 0 Å². The first kappa shape index (κ1) is 11.5. The van der Waals surface area contributed by atoms with Gasteiger partial charge in [0.2, 0.25) is 0 Å². The van der Waals surface area contributed by atoms with Crippen molar-refractivity contribution >= 4 is 5.97 Å². The molecule has 1 rings (SSSR count). The lowest BCUT2D eigenvalue weighted by atomic mass is 10.0. The maximum atomic E-state index is 10.5. The maximum Gasteiger partial charge on any atom is 0.317 e. The number of hydrogen-bond donors (Lipinski definition) is 1. The molecule has 0 radical (unpaired) electrons. The molecular weight excluding hydrogens is 180 g/mol. The molecule has 0 bridgehead atoms. The molecule has 0 spiro atoms. The van der Waals surface area contributed by atoms with Gasteiger partial charge in [-0.05, 0) is 33.0 Å². The SMILES string of the molecule is CCN1CCCC(N(C)CC(=O)O)C1. The predicted octanol–water partition coefficient (Wildman–Crippen LogP) is 0.487. The van der Waals surface area contributed by atoms with E-state index in [2.05, 4.69) is 11.8 Å². The van der Waals surface area contributed by atoms with Crippen LogP contribution in [0.3, 0.4) is 0 Å². The quantitative estimate of drug-likeness (QED) is 0.717. The van der Waals surface area contributed by atoms with Crippen LogP contribution in [0.5, 0.6) is 0 Å². The van der Waals surface area contributed by atoms with Crippen molar-refractivity contribution in [3.05, 3.63) is 0 Å². The molecule has 1 saturated heterocycles. The topological polar surface area (TPSA) is 43.8 Å². The second kappa shape index (κ2) is 5.32. The predicted molar refractivity (Wildman–Crippen MR) is 55.4 cm³/mol. The third-order valence-corrected chi connectivity index (χ3v) is 2.94. The fraction of sp³-hybridized carbons (Fsp3) is 0.900. The normalized spacial score (nSPS) is 24.1. The third kappa shape index (κ3) is 3.27. The monoisotopic (exact) mass is 200 g/mol. The zero-order valence-electron chi connectivity index (χ0n) is 9.07. The molecule has 1 fully saturated rings. The summed E-state index contributed by atoms with van der Waals surface area (Å²) in [6.45, 7) is 5.55. The lowest BCUT2D eigenvalue weighted by Crippen LogP contribution is -2.47. The van der Waals surface area contributed by atoms with Gasteiger partial charge in [0.1, 0.15) is 0 Å². The van der Waals surface area contributed by atoms with Gasteiger partial charge < -0.3 is 10.0 Å². The summed E-state index contributed by atoms with van der Waals surface area (Å²) >= 11 is 0. The van der Waals surface area contributed by atoms with E-state index in [1.54, 1.807) is 0 Å². The van der Waals surface area contributed by atoms with Gasteiger partial charge in [-0.15, -0.1) is 0 Å². The Kier molecular flexibility index (Phi) is 4.35. The van der Waals surface area contributed by atoms with Crippen molar-refractivity contribution in [2.24, 2.45) is 0 Å². The molecule has 0 aromatic heterocycles. The number of hydrogen-bond acceptors (Lipinski definition) is 3. The summed E-state index contributed by atoms with van der Waals surface area (Å²) in [5.74, 6) is -0.735. The van der Waals surface area contributed by atoms with E-state index >= 15 is 0 Å². The van der Waals surface area contributed by atoms with E-state index < -0.39 is 5.97 Å². The van der Waals surface area contributed by atoms with Gasteiger partial charge in [0.15, 0.2) is 0 Å². The Bertz CT molecular complexity index is 197. The minimum absolute atomic E-state index is 0.155. The van der Waals surface area contributed by atoms with Crippen molar-refractivity contribution < 1.29 is 9.90 Å². The average Bonchev–Trinajstić information content (AvgIpc) is 2.17. The Morgan fingerprint density at radius 2 is 2.36 bits per heavy atom. The first-order valence-corrected chi connectivity index (χ1v) is 5.28. The molecule has 0 aromatic carbocycles. The summed E-state index contributed by atoms with van der Waals surface area (Å²) in [5.41, 5.74) is 0. The number of carboxylic acid groups (broad SMARTS) is 1. The van der Waals surface area contributed by atoms with Crippen molar-refractivity contribution in [2.75, 3.05) is 33.2 Å². The lowest BCUT2D eigenvalue weighted by molar-refractivity contribution is -0.138. The van der Waals surface area contributed by atoms with Crippen LogP contribution in [0, 0.1) is 0 Å². The largest absolute Gasteiger partial charge is 0.480 e. The molecule has 14 heavy (non-hydrogen) atoms. The molecule has 1 unspecified atom stereocenters. The molecule has 82 valence electrons. The Balaban J connectivity index is 2.38. The Hall–Kier alpha value is -0.610. The molecule has 0 aromatic rings. The van der Waals surface area contributed by atoms with Gasteiger partial charge in [-0.2, -0.15) is 0 Å². The van der Waals surface area contributed by atoms with Crippen molar-refractivity contribution in [3.8, 4) is 0 Å². The number of rotatable bonds is 4. The molecule has 4 nitrogen and oxygen atoms in total. The second-order valence-corrected chi connectivity index (χ2v) is 4.00. The van der Waals surface area contributed by atoms with E-state index in [1.807, 2.05) is 11.9 Å². The first-order chi connectivity index (χ1) is 6.63. The average molecular weight is 200 g/mol. The molecule has 1 atom stereocenters. The van der Waals surface area contributed by atoms with Crippen molar-refractivity contribution in [2.45, 2.75) is 25.8 Å². The van der Waals surface area contributed by atoms with Crippen molar-refractivity contribution in [3.63, 3.8) is 0 Å². The Morgan fingerprint density at radius 3 is 2.93 bits per heavy atom. The smallest absolute Gasteiger partial charge is 0.317 e. The molecule has 1 N–H and O–H groups in total. The maximum absolute atomic E-state index is 10.5. The zero-order chi connectivity index (χ0) is 10.6. The van der Waals surface area contributed by atoms with Gasteiger partial charge in [0.25, 0.3) is 0 Å². The molecule has 0 aliphatic carbocycles. The standard InChI is InChI=1S/C10H20N2O2/c1-3-12-6-4-5-9(7-12)11(2)8-10(13)14/h9H,3-8H2,1-2H3,(H,13,14). The minimum atomic E-state index is -0.735. The number of likely N-dealkylation sites (tertiary alicyclic amines) is 1. The molecule has 1 aliphatic heterocycles. The van der Waals surface area contributed by atoms with E-state index in [9.17, 15) is 4.79 Å². The highest BCUT2D eigenvalue weighted by atomic mass is 16.4. The lowest BCUT2D eigenvalue weighted by Gasteiger charge is -2.36. The zero-order valence-corrected chi connectivity index (χ0v) is 9.07. The van der Waals surface area contributed by atoms with Gasteiger partial charge in [-0.25, -0.2) is 0 Å². The summed E-state index contributed by atoms with van der Waals surface area (Å²) < 4.78 is 0. The van der Waals surface area contributed by atoms with E-state index in [4.69, 9.17) is 5.11 Å². The summed E-state index contributed by atoms with van der Waals surface area (Å²) in [4.78, 5) is 14.9. The summed E-state index contributed by atoms with van der Waals surface area (Å²) in [5, 5.41) is 8.68. The molecular formula is C10H20N2O2. The van der Waals surface area contributed by atoms with Crippen LogP contribution in [-0.2, 0) is 4.79 Å².